The number of amides is 1. The van der Waals surface area contributed by atoms with Crippen molar-refractivity contribution in [3.8, 4) is 0 Å². The van der Waals surface area contributed by atoms with Crippen LogP contribution in [0.1, 0.15) is 16.1 Å². The van der Waals surface area contributed by atoms with Crippen molar-refractivity contribution in [1.82, 2.24) is 10.4 Å². The second kappa shape index (κ2) is 6.31. The average Bonchev–Trinajstić information content (AvgIpc) is 2.42. The summed E-state index contributed by atoms with van der Waals surface area (Å²) in [4.78, 5) is 15.9. The van der Waals surface area contributed by atoms with Gasteiger partial charge in [0.25, 0.3) is 5.91 Å². The zero-order valence-corrected chi connectivity index (χ0v) is 11.2. The van der Waals surface area contributed by atoms with Gasteiger partial charge in [0.1, 0.15) is 0 Å². The number of nitrogens with one attached hydrogen (secondary N) is 1. The van der Waals surface area contributed by atoms with Gasteiger partial charge >= 0.3 is 0 Å². The van der Waals surface area contributed by atoms with Crippen molar-refractivity contribution >= 4 is 35.3 Å². The molecule has 6 heteroatoms. The fourth-order valence-electron chi connectivity index (χ4n) is 1.34. The minimum Gasteiger partial charge on any atom is -0.267 e. The molecule has 0 aliphatic carbocycles. The van der Waals surface area contributed by atoms with E-state index in [0.717, 1.165) is 0 Å². The number of hydrazone groups is 1. The molecule has 2 rings (SSSR count). The van der Waals surface area contributed by atoms with Crippen molar-refractivity contribution in [1.29, 1.82) is 0 Å². The number of rotatable bonds is 3. The molecule has 19 heavy (non-hydrogen) atoms. The van der Waals surface area contributed by atoms with Gasteiger partial charge in [0.05, 0.1) is 22.5 Å². The highest BCUT2D eigenvalue weighted by atomic mass is 35.5. The number of aromatic nitrogens is 1. The summed E-state index contributed by atoms with van der Waals surface area (Å²) in [6.07, 6.45) is 3.08. The lowest BCUT2D eigenvalue weighted by Gasteiger charge is -2.02. The van der Waals surface area contributed by atoms with E-state index >= 15 is 0 Å². The van der Waals surface area contributed by atoms with Crippen LogP contribution in [0.15, 0.2) is 47.7 Å². The third-order valence-electron chi connectivity index (χ3n) is 2.22. The van der Waals surface area contributed by atoms with Crippen LogP contribution in [0.4, 0.5) is 0 Å². The highest BCUT2D eigenvalue weighted by Crippen LogP contribution is 2.20. The van der Waals surface area contributed by atoms with Gasteiger partial charge < -0.3 is 0 Å². The van der Waals surface area contributed by atoms with Crippen molar-refractivity contribution in [3.63, 3.8) is 0 Å². The molecule has 96 valence electrons. The lowest BCUT2D eigenvalue weighted by atomic mass is 10.2. The first kappa shape index (κ1) is 13.5. The Labute approximate surface area is 120 Å². The molecule has 1 amide bonds. The Kier molecular flexibility index (Phi) is 4.49. The number of pyridine rings is 1. The molecule has 0 saturated heterocycles. The monoisotopic (exact) mass is 293 g/mol. The summed E-state index contributed by atoms with van der Waals surface area (Å²) in [5, 5.41) is 4.55. The SMILES string of the molecule is O=C(N/N=C\c1ccccn1)c1cc(Cl)ccc1Cl. The molecule has 0 atom stereocenters. The molecule has 0 aliphatic rings. The van der Waals surface area contributed by atoms with E-state index in [1.54, 1.807) is 30.5 Å². The molecule has 4 nitrogen and oxygen atoms in total. The Morgan fingerprint density at radius 2 is 2.11 bits per heavy atom. The van der Waals surface area contributed by atoms with Gasteiger partial charge in [-0.3, -0.25) is 9.78 Å². The molecule has 1 aromatic heterocycles. The van der Waals surface area contributed by atoms with E-state index in [1.807, 2.05) is 6.07 Å². The van der Waals surface area contributed by atoms with Crippen molar-refractivity contribution in [3.05, 3.63) is 63.9 Å². The molecule has 1 heterocycles. The molecule has 1 N–H and O–H groups in total. The second-order valence-electron chi connectivity index (χ2n) is 3.58. The Hall–Kier alpha value is -1.91. The summed E-state index contributed by atoms with van der Waals surface area (Å²) in [5.41, 5.74) is 3.27. The summed E-state index contributed by atoms with van der Waals surface area (Å²) in [5.74, 6) is -0.431. The fraction of sp³-hybridized carbons (Fsp3) is 0. The van der Waals surface area contributed by atoms with E-state index in [2.05, 4.69) is 15.5 Å². The predicted molar refractivity (Wildman–Crippen MR) is 75.8 cm³/mol. The van der Waals surface area contributed by atoms with Crippen LogP contribution in [-0.4, -0.2) is 17.1 Å². The largest absolute Gasteiger partial charge is 0.272 e. The highest BCUT2D eigenvalue weighted by molar-refractivity contribution is 6.35. The van der Waals surface area contributed by atoms with Crippen molar-refractivity contribution < 1.29 is 4.79 Å². The van der Waals surface area contributed by atoms with Crippen molar-refractivity contribution in [2.75, 3.05) is 0 Å². The minimum absolute atomic E-state index is 0.271. The van der Waals surface area contributed by atoms with Crippen LogP contribution in [0.2, 0.25) is 10.0 Å². The van der Waals surface area contributed by atoms with Gasteiger partial charge in [-0.25, -0.2) is 5.43 Å². The number of nitrogens with zero attached hydrogens (tertiary/aromatic N) is 2. The molecule has 0 spiro atoms. The molecule has 0 fully saturated rings. The van der Waals surface area contributed by atoms with Gasteiger partial charge in [0, 0.05) is 11.2 Å². The molecule has 0 radical (unpaired) electrons. The number of hydrogen-bond acceptors (Lipinski definition) is 3. The standard InChI is InChI=1S/C13H9Cl2N3O/c14-9-4-5-12(15)11(7-9)13(19)18-17-8-10-3-1-2-6-16-10/h1-8H,(H,18,19)/b17-8-. The predicted octanol–water partition coefficient (Wildman–Crippen LogP) is 3.15. The Morgan fingerprint density at radius 1 is 1.26 bits per heavy atom. The van der Waals surface area contributed by atoms with E-state index in [1.165, 1.54) is 12.3 Å². The van der Waals surface area contributed by atoms with Crippen LogP contribution in [0.3, 0.4) is 0 Å². The van der Waals surface area contributed by atoms with Gasteiger partial charge in [0.2, 0.25) is 0 Å². The number of hydrogen-bond donors (Lipinski definition) is 1. The number of carbonyl (C=O) groups is 1. The van der Waals surface area contributed by atoms with Crippen molar-refractivity contribution in [2.24, 2.45) is 5.10 Å². The number of halogens is 2. The maximum atomic E-state index is 11.8. The van der Waals surface area contributed by atoms with E-state index in [9.17, 15) is 4.79 Å². The first-order valence-electron chi connectivity index (χ1n) is 5.36. The first-order valence-corrected chi connectivity index (χ1v) is 6.12. The maximum absolute atomic E-state index is 11.8. The summed E-state index contributed by atoms with van der Waals surface area (Å²) in [6.45, 7) is 0. The Morgan fingerprint density at radius 3 is 2.84 bits per heavy atom. The summed E-state index contributed by atoms with van der Waals surface area (Å²) < 4.78 is 0. The summed E-state index contributed by atoms with van der Waals surface area (Å²) in [6, 6.07) is 10.0. The molecule has 0 saturated carbocycles. The minimum atomic E-state index is -0.431. The zero-order chi connectivity index (χ0) is 13.7. The number of carbonyl (C=O) groups excluding carboxylic acids is 1. The molecule has 2 aromatic rings. The average molecular weight is 294 g/mol. The van der Waals surface area contributed by atoms with Gasteiger partial charge in [0.15, 0.2) is 0 Å². The molecule has 0 unspecified atom stereocenters. The van der Waals surface area contributed by atoms with Gasteiger partial charge in [-0.2, -0.15) is 5.10 Å². The van der Waals surface area contributed by atoms with Gasteiger partial charge in [-0.15, -0.1) is 0 Å². The normalized spacial score (nSPS) is 10.6. The van der Waals surface area contributed by atoms with E-state index in [0.29, 0.717) is 15.7 Å². The summed E-state index contributed by atoms with van der Waals surface area (Å²) in [7, 11) is 0. The van der Waals surface area contributed by atoms with Gasteiger partial charge in [-0.05, 0) is 30.3 Å². The molecular formula is C13H9Cl2N3O. The zero-order valence-electron chi connectivity index (χ0n) is 9.68. The first-order chi connectivity index (χ1) is 9.16. The smallest absolute Gasteiger partial charge is 0.267 e. The van der Waals surface area contributed by atoms with Crippen LogP contribution in [0.5, 0.6) is 0 Å². The fourth-order valence-corrected chi connectivity index (χ4v) is 1.72. The van der Waals surface area contributed by atoms with Crippen LogP contribution >= 0.6 is 23.2 Å². The third kappa shape index (κ3) is 3.77. The van der Waals surface area contributed by atoms with E-state index in [-0.39, 0.29) is 5.56 Å². The van der Waals surface area contributed by atoms with Crippen LogP contribution in [0, 0.1) is 0 Å². The topological polar surface area (TPSA) is 54.4 Å². The molecule has 1 aromatic carbocycles. The molecule has 0 aliphatic heterocycles. The lowest BCUT2D eigenvalue weighted by Crippen LogP contribution is -2.18. The lowest BCUT2D eigenvalue weighted by molar-refractivity contribution is 0.0955. The second-order valence-corrected chi connectivity index (χ2v) is 4.42. The summed E-state index contributed by atoms with van der Waals surface area (Å²) >= 11 is 11.7. The number of benzene rings is 1. The Bertz CT molecular complexity index is 615. The van der Waals surface area contributed by atoms with Crippen molar-refractivity contribution in [2.45, 2.75) is 0 Å². The van der Waals surface area contributed by atoms with Crippen LogP contribution in [0.25, 0.3) is 0 Å². The van der Waals surface area contributed by atoms with E-state index < -0.39 is 5.91 Å². The third-order valence-corrected chi connectivity index (χ3v) is 2.79. The van der Waals surface area contributed by atoms with Gasteiger partial charge in [-0.1, -0.05) is 29.3 Å². The molecular weight excluding hydrogens is 285 g/mol. The van der Waals surface area contributed by atoms with Crippen LogP contribution < -0.4 is 5.43 Å². The quantitative estimate of drug-likeness (QED) is 0.698. The highest BCUT2D eigenvalue weighted by Gasteiger charge is 2.09. The Balaban J connectivity index is 2.06. The van der Waals surface area contributed by atoms with E-state index in [4.69, 9.17) is 23.2 Å². The van der Waals surface area contributed by atoms with Crippen LogP contribution in [-0.2, 0) is 0 Å². The molecule has 0 bridgehead atoms. The maximum Gasteiger partial charge on any atom is 0.272 e.